The van der Waals surface area contributed by atoms with Crippen LogP contribution in [0.3, 0.4) is 0 Å². The van der Waals surface area contributed by atoms with Crippen molar-refractivity contribution in [2.75, 3.05) is 13.6 Å². The summed E-state index contributed by atoms with van der Waals surface area (Å²) in [5, 5.41) is 21.8. The molecule has 5 heteroatoms. The van der Waals surface area contributed by atoms with E-state index in [1.54, 1.807) is 19.2 Å². The molecular weight excluding hydrogens is 244 g/mol. The number of phenols is 2. The largest absolute Gasteiger partial charge is 0.508 e. The van der Waals surface area contributed by atoms with Crippen molar-refractivity contribution in [1.82, 2.24) is 10.2 Å². The molecule has 0 saturated carbocycles. The highest BCUT2D eigenvalue weighted by Gasteiger charge is 2.33. The van der Waals surface area contributed by atoms with Gasteiger partial charge < -0.3 is 15.5 Å². The molecule has 0 aromatic heterocycles. The number of likely N-dealkylation sites (N-methyl/N-ethyl adjacent to an activating group) is 1. The summed E-state index contributed by atoms with van der Waals surface area (Å²) < 4.78 is 0. The average Bonchev–Trinajstić information content (AvgIpc) is 2.84. The number of nitrogens with one attached hydrogen (secondary N) is 1. The highest BCUT2D eigenvalue weighted by Crippen LogP contribution is 2.32. The van der Waals surface area contributed by atoms with Crippen molar-refractivity contribution >= 4 is 5.91 Å². The maximum absolute atomic E-state index is 11.8. The predicted octanol–water partition coefficient (Wildman–Crippen LogP) is 1.37. The van der Waals surface area contributed by atoms with Gasteiger partial charge in [-0.1, -0.05) is 0 Å². The molecule has 3 N–H and O–H groups in total. The Labute approximate surface area is 112 Å². The molecule has 0 spiro atoms. The van der Waals surface area contributed by atoms with Gasteiger partial charge in [0.15, 0.2) is 0 Å². The van der Waals surface area contributed by atoms with Crippen molar-refractivity contribution in [2.24, 2.45) is 0 Å². The van der Waals surface area contributed by atoms with Gasteiger partial charge in [0.2, 0.25) is 5.91 Å². The molecule has 0 aliphatic carbocycles. The van der Waals surface area contributed by atoms with E-state index in [1.807, 2.05) is 6.92 Å². The second kappa shape index (κ2) is 5.48. The Balaban J connectivity index is 2.22. The van der Waals surface area contributed by atoms with Crippen LogP contribution in [0.4, 0.5) is 0 Å². The maximum atomic E-state index is 11.8. The van der Waals surface area contributed by atoms with Crippen LogP contribution in [0.2, 0.25) is 0 Å². The van der Waals surface area contributed by atoms with E-state index in [2.05, 4.69) is 10.2 Å². The zero-order chi connectivity index (χ0) is 14.0. The first-order chi connectivity index (χ1) is 9.02. The minimum absolute atomic E-state index is 0.0220. The van der Waals surface area contributed by atoms with E-state index in [0.717, 1.165) is 24.9 Å². The molecule has 2 rings (SSSR count). The van der Waals surface area contributed by atoms with Gasteiger partial charge in [0.1, 0.15) is 11.5 Å². The number of likely N-dealkylation sites (tertiary alicyclic amines) is 1. The van der Waals surface area contributed by atoms with Crippen LogP contribution in [0.1, 0.15) is 31.4 Å². The summed E-state index contributed by atoms with van der Waals surface area (Å²) in [6.07, 6.45) is 1.82. The van der Waals surface area contributed by atoms with Crippen molar-refractivity contribution in [1.29, 1.82) is 0 Å². The Morgan fingerprint density at radius 3 is 2.58 bits per heavy atom. The van der Waals surface area contributed by atoms with Gasteiger partial charge in [0, 0.05) is 19.2 Å². The van der Waals surface area contributed by atoms with Crippen LogP contribution in [0, 0.1) is 0 Å². The molecule has 2 atom stereocenters. The first-order valence-corrected chi connectivity index (χ1v) is 6.53. The molecule has 1 heterocycles. The van der Waals surface area contributed by atoms with Crippen molar-refractivity contribution < 1.29 is 15.0 Å². The van der Waals surface area contributed by atoms with Crippen LogP contribution < -0.4 is 5.32 Å². The summed E-state index contributed by atoms with van der Waals surface area (Å²) in [5.74, 6) is 0.101. The second-order valence-corrected chi connectivity index (χ2v) is 4.97. The van der Waals surface area contributed by atoms with Gasteiger partial charge in [0.25, 0.3) is 0 Å². The Kier molecular flexibility index (Phi) is 3.95. The normalized spacial score (nSPS) is 21.3. The van der Waals surface area contributed by atoms with Crippen molar-refractivity contribution in [2.45, 2.75) is 31.8 Å². The maximum Gasteiger partial charge on any atom is 0.237 e. The van der Waals surface area contributed by atoms with Gasteiger partial charge >= 0.3 is 0 Å². The van der Waals surface area contributed by atoms with Crippen LogP contribution in [0.25, 0.3) is 0 Å². The fraction of sp³-hybridized carbons (Fsp3) is 0.500. The minimum Gasteiger partial charge on any atom is -0.508 e. The third-order valence-electron chi connectivity index (χ3n) is 3.75. The molecule has 1 fully saturated rings. The fourth-order valence-electron chi connectivity index (χ4n) is 2.75. The average molecular weight is 264 g/mol. The summed E-state index contributed by atoms with van der Waals surface area (Å²) in [6.45, 7) is 2.82. The molecule has 5 nitrogen and oxygen atoms in total. The van der Waals surface area contributed by atoms with E-state index in [9.17, 15) is 15.0 Å². The first kappa shape index (κ1) is 13.7. The summed E-state index contributed by atoms with van der Waals surface area (Å²) in [6, 6.07) is 4.40. The first-order valence-electron chi connectivity index (χ1n) is 6.53. The zero-order valence-corrected chi connectivity index (χ0v) is 11.3. The van der Waals surface area contributed by atoms with Crippen LogP contribution in [-0.4, -0.2) is 40.7 Å². The van der Waals surface area contributed by atoms with Gasteiger partial charge in [0.05, 0.1) is 6.04 Å². The van der Waals surface area contributed by atoms with Crippen LogP contribution in [0.15, 0.2) is 18.2 Å². The zero-order valence-electron chi connectivity index (χ0n) is 11.3. The van der Waals surface area contributed by atoms with Gasteiger partial charge in [-0.15, -0.1) is 0 Å². The topological polar surface area (TPSA) is 72.8 Å². The third kappa shape index (κ3) is 2.81. The summed E-state index contributed by atoms with van der Waals surface area (Å²) in [5.41, 5.74) is 0.813. The lowest BCUT2D eigenvalue weighted by molar-refractivity contribution is -0.125. The van der Waals surface area contributed by atoms with E-state index in [1.165, 1.54) is 6.07 Å². The number of carbonyl (C=O) groups is 1. The van der Waals surface area contributed by atoms with Gasteiger partial charge in [-0.3, -0.25) is 9.69 Å². The summed E-state index contributed by atoms with van der Waals surface area (Å²) in [7, 11) is 1.64. The number of carbonyl (C=O) groups excluding carboxylic acids is 1. The molecule has 0 radical (unpaired) electrons. The van der Waals surface area contributed by atoms with Gasteiger partial charge in [-0.25, -0.2) is 0 Å². The SMILES string of the molecule is CNC(=O)C1CCCN1C(C)c1cc(O)cc(O)c1. The minimum atomic E-state index is -0.135. The number of nitrogens with zero attached hydrogens (tertiary/aromatic N) is 1. The lowest BCUT2D eigenvalue weighted by Gasteiger charge is -2.30. The van der Waals surface area contributed by atoms with Gasteiger partial charge in [-0.2, -0.15) is 0 Å². The lowest BCUT2D eigenvalue weighted by atomic mass is 10.0. The Bertz CT molecular complexity index is 456. The van der Waals surface area contributed by atoms with E-state index >= 15 is 0 Å². The van der Waals surface area contributed by atoms with E-state index in [4.69, 9.17) is 0 Å². The second-order valence-electron chi connectivity index (χ2n) is 4.97. The predicted molar refractivity (Wildman–Crippen MR) is 72.0 cm³/mol. The summed E-state index contributed by atoms with van der Waals surface area (Å²) in [4.78, 5) is 13.9. The third-order valence-corrected chi connectivity index (χ3v) is 3.75. The number of hydrogen-bond donors (Lipinski definition) is 3. The number of amides is 1. The van der Waals surface area contributed by atoms with Crippen LogP contribution >= 0.6 is 0 Å². The monoisotopic (exact) mass is 264 g/mol. The molecule has 1 aliphatic rings. The molecule has 1 aliphatic heterocycles. The Hall–Kier alpha value is -1.75. The van der Waals surface area contributed by atoms with Crippen LogP contribution in [0.5, 0.6) is 11.5 Å². The fourth-order valence-corrected chi connectivity index (χ4v) is 2.75. The molecule has 104 valence electrons. The highest BCUT2D eigenvalue weighted by molar-refractivity contribution is 5.81. The number of phenolic OH excluding ortho intramolecular Hbond substituents is 2. The molecule has 1 amide bonds. The lowest BCUT2D eigenvalue weighted by Crippen LogP contribution is -2.42. The number of benzene rings is 1. The van der Waals surface area contributed by atoms with Crippen molar-refractivity contribution in [3.63, 3.8) is 0 Å². The Morgan fingerprint density at radius 1 is 1.37 bits per heavy atom. The van der Waals surface area contributed by atoms with Crippen molar-refractivity contribution in [3.8, 4) is 11.5 Å². The molecular formula is C14H20N2O3. The molecule has 1 aromatic carbocycles. The van der Waals surface area contributed by atoms with Gasteiger partial charge in [-0.05, 0) is 44.0 Å². The van der Waals surface area contributed by atoms with E-state index in [0.29, 0.717) is 0 Å². The van der Waals surface area contributed by atoms with E-state index in [-0.39, 0.29) is 29.5 Å². The number of hydrogen-bond acceptors (Lipinski definition) is 4. The standard InChI is InChI=1S/C14H20N2O3/c1-9(10-6-11(17)8-12(18)7-10)16-5-3-4-13(16)14(19)15-2/h6-9,13,17-18H,3-5H2,1-2H3,(H,15,19). The summed E-state index contributed by atoms with van der Waals surface area (Å²) >= 11 is 0. The molecule has 1 saturated heterocycles. The molecule has 0 bridgehead atoms. The smallest absolute Gasteiger partial charge is 0.237 e. The molecule has 19 heavy (non-hydrogen) atoms. The van der Waals surface area contributed by atoms with E-state index < -0.39 is 0 Å². The molecule has 1 aromatic rings. The highest BCUT2D eigenvalue weighted by atomic mass is 16.3. The van der Waals surface area contributed by atoms with Crippen molar-refractivity contribution in [3.05, 3.63) is 23.8 Å². The Morgan fingerprint density at radius 2 is 2.00 bits per heavy atom. The quantitative estimate of drug-likeness (QED) is 0.771. The number of aromatic hydroxyl groups is 2. The molecule has 2 unspecified atom stereocenters. The van der Waals surface area contributed by atoms with Crippen LogP contribution in [-0.2, 0) is 4.79 Å². The number of rotatable bonds is 3.